The van der Waals surface area contributed by atoms with E-state index in [1.807, 2.05) is 30.0 Å². The smallest absolute Gasteiger partial charge is 0.223 e. The molecule has 8 nitrogen and oxygen atoms in total. The fraction of sp³-hybridized carbons (Fsp3) is 0.579. The number of benzene rings is 1. The first-order valence-corrected chi connectivity index (χ1v) is 9.30. The van der Waals surface area contributed by atoms with Gasteiger partial charge in [0.15, 0.2) is 0 Å². The van der Waals surface area contributed by atoms with Crippen molar-refractivity contribution in [2.24, 2.45) is 5.92 Å². The lowest BCUT2D eigenvalue weighted by Crippen LogP contribution is -2.52. The molecule has 1 saturated heterocycles. The van der Waals surface area contributed by atoms with E-state index in [0.717, 1.165) is 29.7 Å². The number of hydrogen-bond donors (Lipinski definition) is 3. The molecule has 1 aromatic heterocycles. The summed E-state index contributed by atoms with van der Waals surface area (Å²) in [6.07, 6.45) is -0.224. The van der Waals surface area contributed by atoms with Crippen LogP contribution in [-0.2, 0) is 9.53 Å². The molecule has 1 atom stereocenters. The minimum Gasteiger partial charge on any atom is -0.490 e. The van der Waals surface area contributed by atoms with E-state index in [1.54, 1.807) is 7.11 Å². The van der Waals surface area contributed by atoms with Crippen molar-refractivity contribution in [2.75, 3.05) is 46.5 Å². The van der Waals surface area contributed by atoms with Crippen molar-refractivity contribution in [3.8, 4) is 5.75 Å². The molecule has 8 heteroatoms. The summed E-state index contributed by atoms with van der Waals surface area (Å²) >= 11 is 0. The summed E-state index contributed by atoms with van der Waals surface area (Å²) in [6.45, 7) is 5.27. The largest absolute Gasteiger partial charge is 0.490 e. The summed E-state index contributed by atoms with van der Waals surface area (Å²) in [4.78, 5) is 13.9. The molecule has 3 rings (SSSR count). The fourth-order valence-corrected chi connectivity index (χ4v) is 3.30. The zero-order valence-electron chi connectivity index (χ0n) is 15.9. The minimum absolute atomic E-state index is 0.141. The van der Waals surface area contributed by atoms with E-state index < -0.39 is 6.10 Å². The molecule has 2 heterocycles. The third kappa shape index (κ3) is 4.97. The highest BCUT2D eigenvalue weighted by Gasteiger charge is 2.29. The topological polar surface area (TPSA) is 99.7 Å². The predicted molar refractivity (Wildman–Crippen MR) is 102 cm³/mol. The number of nitrogens with zero attached hydrogens (tertiary/aromatic N) is 2. The molecule has 1 aliphatic heterocycles. The molecule has 27 heavy (non-hydrogen) atoms. The number of rotatable bonds is 10. The number of carbonyl (C=O) groups is 1. The van der Waals surface area contributed by atoms with Crippen molar-refractivity contribution in [3.05, 3.63) is 23.9 Å². The first-order valence-electron chi connectivity index (χ1n) is 9.30. The highest BCUT2D eigenvalue weighted by atomic mass is 16.5. The first-order chi connectivity index (χ1) is 13.1. The second kappa shape index (κ2) is 9.16. The number of H-pyrrole nitrogens is 1. The van der Waals surface area contributed by atoms with Crippen molar-refractivity contribution in [1.29, 1.82) is 0 Å². The number of amides is 1. The highest BCUT2D eigenvalue weighted by Crippen LogP contribution is 2.26. The summed E-state index contributed by atoms with van der Waals surface area (Å²) in [6, 6.07) is 5.69. The zero-order valence-corrected chi connectivity index (χ0v) is 15.9. The van der Waals surface area contributed by atoms with Crippen LogP contribution in [0, 0.1) is 12.8 Å². The first kappa shape index (κ1) is 19.6. The number of likely N-dealkylation sites (tertiary alicyclic amines) is 1. The second-order valence-electron chi connectivity index (χ2n) is 7.03. The number of carbonyl (C=O) groups excluding carboxylic acids is 1. The van der Waals surface area contributed by atoms with Crippen LogP contribution in [0.25, 0.3) is 10.9 Å². The minimum atomic E-state index is -0.655. The van der Waals surface area contributed by atoms with Gasteiger partial charge in [-0.3, -0.25) is 9.89 Å². The van der Waals surface area contributed by atoms with Crippen molar-refractivity contribution in [1.82, 2.24) is 20.4 Å². The van der Waals surface area contributed by atoms with Gasteiger partial charge >= 0.3 is 0 Å². The van der Waals surface area contributed by atoms with Gasteiger partial charge in [-0.2, -0.15) is 5.10 Å². The van der Waals surface area contributed by atoms with Crippen LogP contribution >= 0.6 is 0 Å². The molecule has 1 fully saturated rings. The van der Waals surface area contributed by atoms with Gasteiger partial charge in [0.2, 0.25) is 5.91 Å². The van der Waals surface area contributed by atoms with Gasteiger partial charge in [-0.25, -0.2) is 0 Å². The SMILES string of the molecule is COCC1CN(C(=O)CCNC[C@H](O)COc2cccc3[nH]nc(C)c23)C1. The Morgan fingerprint density at radius 2 is 2.30 bits per heavy atom. The number of fused-ring (bicyclic) bond motifs is 1. The Balaban J connectivity index is 1.32. The van der Waals surface area contributed by atoms with Gasteiger partial charge in [0.05, 0.1) is 23.2 Å². The average Bonchev–Trinajstić information content (AvgIpc) is 3.01. The number of aromatic nitrogens is 2. The number of aromatic amines is 1. The monoisotopic (exact) mass is 376 g/mol. The Labute approximate surface area is 158 Å². The normalized spacial score (nSPS) is 15.7. The lowest BCUT2D eigenvalue weighted by atomic mass is 10.0. The molecule has 3 N–H and O–H groups in total. The number of aliphatic hydroxyl groups excluding tert-OH is 1. The number of hydrogen-bond acceptors (Lipinski definition) is 6. The predicted octanol–water partition coefficient (Wildman–Crippen LogP) is 0.696. The van der Waals surface area contributed by atoms with Crippen LogP contribution in [0.4, 0.5) is 0 Å². The molecule has 0 saturated carbocycles. The van der Waals surface area contributed by atoms with E-state index in [1.165, 1.54) is 0 Å². The maximum absolute atomic E-state index is 12.0. The number of methoxy groups -OCH3 is 1. The lowest BCUT2D eigenvalue weighted by Gasteiger charge is -2.39. The van der Waals surface area contributed by atoms with Crippen molar-refractivity contribution in [3.63, 3.8) is 0 Å². The van der Waals surface area contributed by atoms with Crippen LogP contribution < -0.4 is 10.1 Å². The number of aliphatic hydroxyl groups is 1. The van der Waals surface area contributed by atoms with E-state index in [-0.39, 0.29) is 12.5 Å². The molecule has 0 spiro atoms. The van der Waals surface area contributed by atoms with E-state index in [2.05, 4.69) is 15.5 Å². The summed E-state index contributed by atoms with van der Waals surface area (Å²) < 4.78 is 10.8. The molecule has 1 aromatic carbocycles. The average molecular weight is 376 g/mol. The van der Waals surface area contributed by atoms with Crippen LogP contribution in [0.2, 0.25) is 0 Å². The van der Waals surface area contributed by atoms with Crippen molar-refractivity contribution in [2.45, 2.75) is 19.4 Å². The molecule has 0 bridgehead atoms. The molecule has 2 aromatic rings. The molecular weight excluding hydrogens is 348 g/mol. The summed E-state index contributed by atoms with van der Waals surface area (Å²) in [7, 11) is 1.68. The van der Waals surface area contributed by atoms with Gasteiger partial charge in [0.25, 0.3) is 0 Å². The molecule has 1 amide bonds. The third-order valence-corrected chi connectivity index (χ3v) is 4.77. The Morgan fingerprint density at radius 3 is 3.07 bits per heavy atom. The lowest BCUT2D eigenvalue weighted by molar-refractivity contribution is -0.138. The third-order valence-electron chi connectivity index (χ3n) is 4.77. The van der Waals surface area contributed by atoms with E-state index in [0.29, 0.717) is 37.8 Å². The van der Waals surface area contributed by atoms with E-state index >= 15 is 0 Å². The van der Waals surface area contributed by atoms with Crippen LogP contribution in [0.15, 0.2) is 18.2 Å². The van der Waals surface area contributed by atoms with Crippen LogP contribution in [0.1, 0.15) is 12.1 Å². The van der Waals surface area contributed by atoms with Gasteiger partial charge < -0.3 is 24.8 Å². The second-order valence-corrected chi connectivity index (χ2v) is 7.03. The Hall–Kier alpha value is -2.16. The molecule has 0 radical (unpaired) electrons. The summed E-state index contributed by atoms with van der Waals surface area (Å²) in [5.41, 5.74) is 1.78. The van der Waals surface area contributed by atoms with Gasteiger partial charge in [-0.15, -0.1) is 0 Å². The fourth-order valence-electron chi connectivity index (χ4n) is 3.30. The number of ether oxygens (including phenoxy) is 2. The van der Waals surface area contributed by atoms with Crippen molar-refractivity contribution < 1.29 is 19.4 Å². The van der Waals surface area contributed by atoms with Gasteiger partial charge in [-0.05, 0) is 19.1 Å². The zero-order chi connectivity index (χ0) is 19.2. The summed E-state index contributed by atoms with van der Waals surface area (Å²) in [5, 5.41) is 21.3. The Kier molecular flexibility index (Phi) is 6.65. The van der Waals surface area contributed by atoms with E-state index in [9.17, 15) is 9.90 Å². The molecule has 1 aliphatic rings. The quantitative estimate of drug-likeness (QED) is 0.528. The van der Waals surface area contributed by atoms with Gasteiger partial charge in [0.1, 0.15) is 18.5 Å². The highest BCUT2D eigenvalue weighted by molar-refractivity contribution is 5.87. The molecule has 0 aliphatic carbocycles. The maximum Gasteiger partial charge on any atom is 0.223 e. The van der Waals surface area contributed by atoms with Gasteiger partial charge in [0, 0.05) is 45.6 Å². The van der Waals surface area contributed by atoms with E-state index in [4.69, 9.17) is 9.47 Å². The molecular formula is C19H28N4O4. The maximum atomic E-state index is 12.0. The summed E-state index contributed by atoms with van der Waals surface area (Å²) in [5.74, 6) is 1.31. The Morgan fingerprint density at radius 1 is 1.48 bits per heavy atom. The Bertz CT molecular complexity index is 757. The van der Waals surface area contributed by atoms with Crippen LogP contribution in [0.3, 0.4) is 0 Å². The number of aryl methyl sites for hydroxylation is 1. The van der Waals surface area contributed by atoms with Crippen LogP contribution in [0.5, 0.6) is 5.75 Å². The molecule has 148 valence electrons. The van der Waals surface area contributed by atoms with Crippen molar-refractivity contribution >= 4 is 16.8 Å². The molecule has 0 unspecified atom stereocenters. The van der Waals surface area contributed by atoms with Crippen LogP contribution in [-0.4, -0.2) is 78.7 Å². The standard InChI is InChI=1S/C19H28N4O4/c1-13-19-16(22-21-13)4-3-5-17(19)27-12-15(24)8-20-7-6-18(25)23-9-14(10-23)11-26-2/h3-5,14-15,20,24H,6-12H2,1-2H3,(H,21,22)/t15-/m0/s1. The number of nitrogens with one attached hydrogen (secondary N) is 2. The van der Waals surface area contributed by atoms with Gasteiger partial charge in [-0.1, -0.05) is 6.07 Å².